The molecule has 3 nitrogen and oxygen atoms in total. The number of benzene rings is 1. The van der Waals surface area contributed by atoms with E-state index in [-0.39, 0.29) is 24.5 Å². The quantitative estimate of drug-likeness (QED) is 0.602. The number of rotatable bonds is 5. The van der Waals surface area contributed by atoms with E-state index in [0.29, 0.717) is 17.5 Å². The van der Waals surface area contributed by atoms with Gasteiger partial charge in [0.05, 0.1) is 0 Å². The predicted octanol–water partition coefficient (Wildman–Crippen LogP) is 3.95. The maximum absolute atomic E-state index is 12.0. The van der Waals surface area contributed by atoms with Gasteiger partial charge in [-0.05, 0) is 53.5 Å². The smallest absolute Gasteiger partial charge is 0.220 e. The fourth-order valence-electron chi connectivity index (χ4n) is 2.82. The van der Waals surface area contributed by atoms with Crippen LogP contribution in [0.3, 0.4) is 0 Å². The highest BCUT2D eigenvalue weighted by molar-refractivity contribution is 14.1. The molecule has 0 aliphatic heterocycles. The normalized spacial score (nSPS) is 21.8. The Labute approximate surface area is 140 Å². The second-order valence-electron chi connectivity index (χ2n) is 5.87. The van der Waals surface area contributed by atoms with Gasteiger partial charge in [0, 0.05) is 28.0 Å². The van der Waals surface area contributed by atoms with E-state index in [1.54, 1.807) is 0 Å². The minimum atomic E-state index is 0.00705. The average molecular weight is 399 g/mol. The van der Waals surface area contributed by atoms with Crippen molar-refractivity contribution in [3.05, 3.63) is 33.4 Å². The van der Waals surface area contributed by atoms with Crippen molar-refractivity contribution in [2.75, 3.05) is 0 Å². The summed E-state index contributed by atoms with van der Waals surface area (Å²) in [5.74, 6) is 0.598. The Hall–Kier alpha value is -0.910. The van der Waals surface area contributed by atoms with E-state index in [0.717, 1.165) is 9.99 Å². The molecule has 0 radical (unpaired) electrons. The molecule has 1 fully saturated rings. The first-order valence-corrected chi connectivity index (χ1v) is 8.72. The summed E-state index contributed by atoms with van der Waals surface area (Å²) in [6, 6.07) is 7.77. The number of carbonyl (C=O) groups is 2. The zero-order valence-electron chi connectivity index (χ0n) is 12.4. The van der Waals surface area contributed by atoms with Crippen molar-refractivity contribution in [2.24, 2.45) is 5.92 Å². The molecule has 0 saturated heterocycles. The molecule has 2 atom stereocenters. The zero-order valence-corrected chi connectivity index (χ0v) is 14.6. The van der Waals surface area contributed by atoms with Gasteiger partial charge in [-0.3, -0.25) is 9.59 Å². The van der Waals surface area contributed by atoms with Gasteiger partial charge >= 0.3 is 0 Å². The summed E-state index contributed by atoms with van der Waals surface area (Å²) >= 11 is 2.21. The van der Waals surface area contributed by atoms with Gasteiger partial charge < -0.3 is 5.32 Å². The number of hydrogen-bond donors (Lipinski definition) is 1. The Morgan fingerprint density at radius 1 is 1.14 bits per heavy atom. The highest BCUT2D eigenvalue weighted by Gasteiger charge is 2.22. The van der Waals surface area contributed by atoms with Gasteiger partial charge in [-0.1, -0.05) is 31.9 Å². The van der Waals surface area contributed by atoms with Gasteiger partial charge in [0.1, 0.15) is 0 Å². The van der Waals surface area contributed by atoms with Crippen LogP contribution in [0.25, 0.3) is 0 Å². The summed E-state index contributed by atoms with van der Waals surface area (Å²) in [6.45, 7) is 2.20. The lowest BCUT2D eigenvalue weighted by molar-refractivity contribution is -0.122. The first-order valence-electron chi connectivity index (χ1n) is 7.64. The lowest BCUT2D eigenvalue weighted by Crippen LogP contribution is -2.41. The Kier molecular flexibility index (Phi) is 6.21. The van der Waals surface area contributed by atoms with E-state index in [2.05, 4.69) is 34.8 Å². The fraction of sp³-hybridized carbons (Fsp3) is 0.529. The topological polar surface area (TPSA) is 46.2 Å². The number of amides is 1. The van der Waals surface area contributed by atoms with E-state index in [1.165, 1.54) is 19.3 Å². The molecule has 0 heterocycles. The molecule has 1 amide bonds. The highest BCUT2D eigenvalue weighted by Crippen LogP contribution is 2.23. The number of halogens is 1. The molecule has 1 aliphatic rings. The minimum absolute atomic E-state index is 0.00705. The monoisotopic (exact) mass is 399 g/mol. The predicted molar refractivity (Wildman–Crippen MR) is 92.3 cm³/mol. The van der Waals surface area contributed by atoms with Gasteiger partial charge in [0.15, 0.2) is 5.78 Å². The molecule has 1 aliphatic carbocycles. The number of hydrogen-bond acceptors (Lipinski definition) is 2. The maximum atomic E-state index is 12.0. The van der Waals surface area contributed by atoms with E-state index < -0.39 is 0 Å². The van der Waals surface area contributed by atoms with E-state index >= 15 is 0 Å². The van der Waals surface area contributed by atoms with Crippen LogP contribution in [0.4, 0.5) is 0 Å². The molecule has 0 aromatic heterocycles. The first-order chi connectivity index (χ1) is 10.1. The van der Waals surface area contributed by atoms with Crippen LogP contribution in [0.1, 0.15) is 55.8 Å². The third-order valence-corrected chi connectivity index (χ3v) is 4.92. The third-order valence-electron chi connectivity index (χ3n) is 4.20. The van der Waals surface area contributed by atoms with Crippen LogP contribution in [0.5, 0.6) is 0 Å². The number of carbonyl (C=O) groups excluding carboxylic acids is 2. The van der Waals surface area contributed by atoms with Crippen molar-refractivity contribution in [1.29, 1.82) is 0 Å². The maximum Gasteiger partial charge on any atom is 0.220 e. The standard InChI is InChI=1S/C17H22INO2/c1-12-4-2-3-5-15(12)19-17(21)11-10-16(20)13-6-8-14(18)9-7-13/h6-9,12,15H,2-5,10-11H2,1H3,(H,19,21)/t12-,15-/m0/s1. The minimum Gasteiger partial charge on any atom is -0.353 e. The third kappa shape index (κ3) is 5.09. The van der Waals surface area contributed by atoms with Crippen LogP contribution in [0.15, 0.2) is 24.3 Å². The van der Waals surface area contributed by atoms with E-state index in [9.17, 15) is 9.59 Å². The fourth-order valence-corrected chi connectivity index (χ4v) is 3.18. The molecular weight excluding hydrogens is 377 g/mol. The van der Waals surface area contributed by atoms with E-state index in [4.69, 9.17) is 0 Å². The highest BCUT2D eigenvalue weighted by atomic mass is 127. The SMILES string of the molecule is C[C@H]1CCCC[C@@H]1NC(=O)CCC(=O)c1ccc(I)cc1. The molecule has 1 saturated carbocycles. The van der Waals surface area contributed by atoms with Crippen LogP contribution in [-0.4, -0.2) is 17.7 Å². The molecule has 114 valence electrons. The summed E-state index contributed by atoms with van der Waals surface area (Å²) in [5.41, 5.74) is 0.689. The molecule has 2 rings (SSSR count). The number of nitrogens with one attached hydrogen (secondary N) is 1. The summed E-state index contributed by atoms with van der Waals surface area (Å²) in [6.07, 6.45) is 5.28. The molecule has 0 unspecified atom stereocenters. The lowest BCUT2D eigenvalue weighted by Gasteiger charge is -2.29. The van der Waals surface area contributed by atoms with Gasteiger partial charge in [0.25, 0.3) is 0 Å². The van der Waals surface area contributed by atoms with Crippen LogP contribution < -0.4 is 5.32 Å². The largest absolute Gasteiger partial charge is 0.353 e. The van der Waals surface area contributed by atoms with Gasteiger partial charge in [-0.25, -0.2) is 0 Å². The van der Waals surface area contributed by atoms with Crippen molar-refractivity contribution in [3.63, 3.8) is 0 Å². The van der Waals surface area contributed by atoms with Gasteiger partial charge in [0.2, 0.25) is 5.91 Å². The second-order valence-corrected chi connectivity index (χ2v) is 7.11. The van der Waals surface area contributed by atoms with Crippen LogP contribution in [0.2, 0.25) is 0 Å². The Morgan fingerprint density at radius 2 is 1.81 bits per heavy atom. The Bertz CT molecular complexity index is 498. The lowest BCUT2D eigenvalue weighted by atomic mass is 9.86. The summed E-state index contributed by atoms with van der Waals surface area (Å²) in [7, 11) is 0. The number of Topliss-reactive ketones (excluding diaryl/α,β-unsaturated/α-hetero) is 1. The van der Waals surface area contributed by atoms with Crippen molar-refractivity contribution >= 4 is 34.3 Å². The summed E-state index contributed by atoms with van der Waals surface area (Å²) in [4.78, 5) is 24.0. The molecule has 1 N–H and O–H groups in total. The summed E-state index contributed by atoms with van der Waals surface area (Å²) in [5, 5.41) is 3.09. The zero-order chi connectivity index (χ0) is 15.2. The number of ketones is 1. The van der Waals surface area contributed by atoms with Crippen molar-refractivity contribution in [3.8, 4) is 0 Å². The molecule has 21 heavy (non-hydrogen) atoms. The Morgan fingerprint density at radius 3 is 2.48 bits per heavy atom. The van der Waals surface area contributed by atoms with E-state index in [1.807, 2.05) is 24.3 Å². The van der Waals surface area contributed by atoms with Crippen molar-refractivity contribution in [1.82, 2.24) is 5.32 Å². The van der Waals surface area contributed by atoms with Crippen LogP contribution >= 0.6 is 22.6 Å². The summed E-state index contributed by atoms with van der Waals surface area (Å²) < 4.78 is 1.10. The first kappa shape index (κ1) is 16.5. The van der Waals surface area contributed by atoms with Crippen LogP contribution in [0, 0.1) is 9.49 Å². The van der Waals surface area contributed by atoms with Crippen LogP contribution in [-0.2, 0) is 4.79 Å². The average Bonchev–Trinajstić information content (AvgIpc) is 2.48. The van der Waals surface area contributed by atoms with Gasteiger partial charge in [-0.15, -0.1) is 0 Å². The molecule has 0 bridgehead atoms. The molecule has 1 aromatic carbocycles. The van der Waals surface area contributed by atoms with Gasteiger partial charge in [-0.2, -0.15) is 0 Å². The molecule has 4 heteroatoms. The molecule has 1 aromatic rings. The van der Waals surface area contributed by atoms with Crippen molar-refractivity contribution < 1.29 is 9.59 Å². The Balaban J connectivity index is 1.78. The molecular formula is C17H22INO2. The van der Waals surface area contributed by atoms with Crippen molar-refractivity contribution in [2.45, 2.75) is 51.5 Å². The molecule has 0 spiro atoms. The second kappa shape index (κ2) is 7.92.